The van der Waals surface area contributed by atoms with E-state index >= 15 is 0 Å². The minimum Gasteiger partial charge on any atom is -0.464 e. The number of aliphatic hydroxyl groups excluding tert-OH is 1. The van der Waals surface area contributed by atoms with E-state index in [9.17, 15) is 9.90 Å². The summed E-state index contributed by atoms with van der Waals surface area (Å²) in [5.41, 5.74) is 0.977. The Labute approximate surface area is 82.3 Å². The van der Waals surface area contributed by atoms with E-state index in [2.05, 4.69) is 9.84 Å². The molecule has 1 unspecified atom stereocenters. The summed E-state index contributed by atoms with van der Waals surface area (Å²) in [4.78, 5) is 11.2. The number of hydrogen-bond acceptors (Lipinski definition) is 4. The highest BCUT2D eigenvalue weighted by molar-refractivity contribution is 5.88. The average Bonchev–Trinajstić information content (AvgIpc) is 2.44. The van der Waals surface area contributed by atoms with Crippen LogP contribution in [0.3, 0.4) is 0 Å². The lowest BCUT2D eigenvalue weighted by molar-refractivity contribution is 0.0591. The predicted octanol–water partition coefficient (Wildman–Crippen LogP) is 0.130. The van der Waals surface area contributed by atoms with Crippen LogP contribution in [0.5, 0.6) is 0 Å². The first-order valence-electron chi connectivity index (χ1n) is 4.33. The smallest absolute Gasteiger partial charge is 0.358 e. The topological polar surface area (TPSA) is 64.3 Å². The molecule has 0 radical (unpaired) electrons. The van der Waals surface area contributed by atoms with Crippen molar-refractivity contribution in [1.29, 1.82) is 0 Å². The van der Waals surface area contributed by atoms with Crippen LogP contribution in [-0.4, -0.2) is 34.1 Å². The summed E-state index contributed by atoms with van der Waals surface area (Å²) in [7, 11) is 3.03. The van der Waals surface area contributed by atoms with E-state index in [4.69, 9.17) is 0 Å². The number of rotatable bonds is 3. The summed E-state index contributed by atoms with van der Waals surface area (Å²) in [6.07, 6.45) is 1.61. The molecule has 5 nitrogen and oxygen atoms in total. The van der Waals surface area contributed by atoms with Crippen LogP contribution in [0.4, 0.5) is 0 Å². The first-order chi connectivity index (χ1) is 6.54. The molecule has 5 heteroatoms. The molecule has 14 heavy (non-hydrogen) atoms. The fourth-order valence-electron chi connectivity index (χ4n) is 1.27. The summed E-state index contributed by atoms with van der Waals surface area (Å²) in [5, 5.41) is 13.2. The molecule has 0 aromatic carbocycles. The number of aromatic nitrogens is 2. The van der Waals surface area contributed by atoms with Crippen LogP contribution >= 0.6 is 0 Å². The number of aryl methyl sites for hydroxylation is 1. The zero-order chi connectivity index (χ0) is 10.7. The fourth-order valence-corrected chi connectivity index (χ4v) is 1.27. The maximum absolute atomic E-state index is 11.2. The van der Waals surface area contributed by atoms with Gasteiger partial charge in [0.2, 0.25) is 0 Å². The summed E-state index contributed by atoms with van der Waals surface area (Å²) in [5.74, 6) is -0.471. The summed E-state index contributed by atoms with van der Waals surface area (Å²) in [6, 6.07) is 0. The first-order valence-corrected chi connectivity index (χ1v) is 4.33. The van der Waals surface area contributed by atoms with Gasteiger partial charge in [-0.15, -0.1) is 0 Å². The molecule has 0 aliphatic heterocycles. The van der Waals surface area contributed by atoms with Crippen LogP contribution in [-0.2, 0) is 18.2 Å². The van der Waals surface area contributed by atoms with E-state index in [0.29, 0.717) is 12.0 Å². The number of nitrogens with zero attached hydrogens (tertiary/aromatic N) is 2. The summed E-state index contributed by atoms with van der Waals surface area (Å²) in [6.45, 7) is 1.66. The van der Waals surface area contributed by atoms with Gasteiger partial charge in [0.05, 0.1) is 13.2 Å². The third-order valence-corrected chi connectivity index (χ3v) is 1.80. The molecule has 1 aromatic rings. The van der Waals surface area contributed by atoms with E-state index in [1.165, 1.54) is 11.8 Å². The predicted molar refractivity (Wildman–Crippen MR) is 49.9 cm³/mol. The van der Waals surface area contributed by atoms with Gasteiger partial charge >= 0.3 is 5.97 Å². The highest BCUT2D eigenvalue weighted by Crippen LogP contribution is 2.10. The Morgan fingerprint density at radius 2 is 2.43 bits per heavy atom. The van der Waals surface area contributed by atoms with E-state index in [1.807, 2.05) is 0 Å². The molecule has 0 bridgehead atoms. The highest BCUT2D eigenvalue weighted by Gasteiger charge is 2.17. The van der Waals surface area contributed by atoms with Crippen molar-refractivity contribution < 1.29 is 14.6 Å². The van der Waals surface area contributed by atoms with Crippen LogP contribution in [0.2, 0.25) is 0 Å². The first kappa shape index (κ1) is 10.7. The number of aliphatic hydroxyl groups is 1. The molecular formula is C9H14N2O3. The Morgan fingerprint density at radius 1 is 1.79 bits per heavy atom. The van der Waals surface area contributed by atoms with Crippen LogP contribution < -0.4 is 0 Å². The molecular weight excluding hydrogens is 184 g/mol. The van der Waals surface area contributed by atoms with Crippen molar-refractivity contribution >= 4 is 5.97 Å². The molecule has 0 amide bonds. The van der Waals surface area contributed by atoms with Gasteiger partial charge in [-0.25, -0.2) is 4.79 Å². The van der Waals surface area contributed by atoms with Gasteiger partial charge in [-0.2, -0.15) is 5.10 Å². The molecule has 1 N–H and O–H groups in total. The Kier molecular flexibility index (Phi) is 3.24. The second-order valence-electron chi connectivity index (χ2n) is 3.22. The monoisotopic (exact) mass is 198 g/mol. The summed E-state index contributed by atoms with van der Waals surface area (Å²) < 4.78 is 6.11. The lowest BCUT2D eigenvalue weighted by Gasteiger charge is -2.02. The molecule has 0 spiro atoms. The number of hydrogen-bond donors (Lipinski definition) is 1. The van der Waals surface area contributed by atoms with Crippen molar-refractivity contribution in [3.63, 3.8) is 0 Å². The number of esters is 1. The van der Waals surface area contributed by atoms with Gasteiger partial charge in [0, 0.05) is 25.2 Å². The lowest BCUT2D eigenvalue weighted by atomic mass is 10.1. The molecule has 0 aliphatic carbocycles. The van der Waals surface area contributed by atoms with Crippen molar-refractivity contribution in [2.75, 3.05) is 7.11 Å². The second-order valence-corrected chi connectivity index (χ2v) is 3.22. The Morgan fingerprint density at radius 3 is 2.93 bits per heavy atom. The van der Waals surface area contributed by atoms with E-state index in [0.717, 1.165) is 0 Å². The summed E-state index contributed by atoms with van der Waals surface area (Å²) >= 11 is 0. The standard InChI is InChI=1S/C9H14N2O3/c1-6(12)4-7-5-11(2)10-8(7)9(13)14-3/h5-6,12H,4H2,1-3H3. The molecule has 0 saturated heterocycles. The van der Waals surface area contributed by atoms with Crippen molar-refractivity contribution in [2.45, 2.75) is 19.4 Å². The molecule has 78 valence electrons. The number of methoxy groups -OCH3 is 1. The van der Waals surface area contributed by atoms with Crippen LogP contribution in [0.25, 0.3) is 0 Å². The van der Waals surface area contributed by atoms with Gasteiger partial charge in [-0.3, -0.25) is 4.68 Å². The van der Waals surface area contributed by atoms with Gasteiger partial charge in [-0.05, 0) is 6.92 Å². The fraction of sp³-hybridized carbons (Fsp3) is 0.556. The molecule has 0 saturated carbocycles. The molecule has 1 atom stereocenters. The van der Waals surface area contributed by atoms with Crippen molar-refractivity contribution in [3.8, 4) is 0 Å². The molecule has 1 rings (SSSR count). The van der Waals surface area contributed by atoms with Gasteiger partial charge < -0.3 is 9.84 Å². The van der Waals surface area contributed by atoms with Crippen molar-refractivity contribution in [3.05, 3.63) is 17.5 Å². The molecule has 1 aromatic heterocycles. The van der Waals surface area contributed by atoms with E-state index < -0.39 is 12.1 Å². The van der Waals surface area contributed by atoms with Crippen LogP contribution in [0.15, 0.2) is 6.20 Å². The third kappa shape index (κ3) is 2.32. The van der Waals surface area contributed by atoms with Gasteiger partial charge in [0.15, 0.2) is 5.69 Å². The normalized spacial score (nSPS) is 12.6. The van der Waals surface area contributed by atoms with Gasteiger partial charge in [-0.1, -0.05) is 0 Å². The largest absolute Gasteiger partial charge is 0.464 e. The van der Waals surface area contributed by atoms with Gasteiger partial charge in [0.25, 0.3) is 0 Å². The van der Waals surface area contributed by atoms with Gasteiger partial charge in [0.1, 0.15) is 0 Å². The van der Waals surface area contributed by atoms with Crippen molar-refractivity contribution in [2.24, 2.45) is 7.05 Å². The zero-order valence-corrected chi connectivity index (χ0v) is 8.52. The second kappa shape index (κ2) is 4.23. The highest BCUT2D eigenvalue weighted by atomic mass is 16.5. The van der Waals surface area contributed by atoms with E-state index in [-0.39, 0.29) is 5.69 Å². The van der Waals surface area contributed by atoms with Crippen molar-refractivity contribution in [1.82, 2.24) is 9.78 Å². The Balaban J connectivity index is 2.96. The quantitative estimate of drug-likeness (QED) is 0.701. The number of ether oxygens (including phenoxy) is 1. The van der Waals surface area contributed by atoms with Crippen LogP contribution in [0.1, 0.15) is 23.0 Å². The molecule has 0 aliphatic rings. The maximum atomic E-state index is 11.2. The SMILES string of the molecule is COC(=O)c1nn(C)cc1CC(C)O. The maximum Gasteiger partial charge on any atom is 0.358 e. The Bertz CT molecular complexity index is 331. The Hall–Kier alpha value is -1.36. The minimum atomic E-state index is -0.498. The third-order valence-electron chi connectivity index (χ3n) is 1.80. The number of carbonyl (C=O) groups excluding carboxylic acids is 1. The van der Waals surface area contributed by atoms with E-state index in [1.54, 1.807) is 20.2 Å². The number of carbonyl (C=O) groups is 1. The average molecular weight is 198 g/mol. The molecule has 0 fully saturated rings. The minimum absolute atomic E-state index is 0.274. The zero-order valence-electron chi connectivity index (χ0n) is 8.52. The van der Waals surface area contributed by atoms with Crippen LogP contribution in [0, 0.1) is 0 Å². The molecule has 1 heterocycles. The lowest BCUT2D eigenvalue weighted by Crippen LogP contribution is -2.10.